The Morgan fingerprint density at radius 1 is 1.28 bits per heavy atom. The fourth-order valence-electron chi connectivity index (χ4n) is 4.58. The van der Waals surface area contributed by atoms with Crippen LogP contribution in [0.2, 0.25) is 0 Å². The molecule has 2 aliphatic heterocycles. The van der Waals surface area contributed by atoms with Gasteiger partial charge in [0.05, 0.1) is 19.9 Å². The minimum Gasteiger partial charge on any atom is -0.497 e. The zero-order chi connectivity index (χ0) is 17.3. The first-order valence-electron chi connectivity index (χ1n) is 9.49. The molecular weight excluding hydrogens is 314 g/mol. The highest BCUT2D eigenvalue weighted by molar-refractivity contribution is 5.79. The van der Waals surface area contributed by atoms with Crippen LogP contribution in [0.3, 0.4) is 0 Å². The Labute approximate surface area is 149 Å². The molecule has 4 nitrogen and oxygen atoms in total. The number of hydrogen-bond acceptors (Lipinski definition) is 3. The Balaban J connectivity index is 1.45. The summed E-state index contributed by atoms with van der Waals surface area (Å²) < 4.78 is 11.5. The number of ether oxygens (including phenoxy) is 2. The van der Waals surface area contributed by atoms with E-state index in [1.54, 1.807) is 7.11 Å². The van der Waals surface area contributed by atoms with Crippen molar-refractivity contribution in [1.82, 2.24) is 4.90 Å². The molecule has 1 amide bonds. The second kappa shape index (κ2) is 6.74. The molecule has 2 fully saturated rings. The topological polar surface area (TPSA) is 38.8 Å². The molecule has 0 aromatic heterocycles. The van der Waals surface area contributed by atoms with Gasteiger partial charge in [-0.1, -0.05) is 25.0 Å². The molecule has 4 rings (SSSR count). The molecule has 1 aromatic rings. The van der Waals surface area contributed by atoms with Crippen LogP contribution >= 0.6 is 0 Å². The summed E-state index contributed by atoms with van der Waals surface area (Å²) in [5.41, 5.74) is 2.12. The summed E-state index contributed by atoms with van der Waals surface area (Å²) >= 11 is 0. The van der Waals surface area contributed by atoms with E-state index >= 15 is 0 Å². The van der Waals surface area contributed by atoms with Gasteiger partial charge in [0.25, 0.3) is 0 Å². The van der Waals surface area contributed by atoms with Gasteiger partial charge in [0.1, 0.15) is 11.4 Å². The van der Waals surface area contributed by atoms with Crippen LogP contribution in [-0.4, -0.2) is 36.6 Å². The van der Waals surface area contributed by atoms with E-state index < -0.39 is 0 Å². The quantitative estimate of drug-likeness (QED) is 0.834. The average molecular weight is 341 g/mol. The summed E-state index contributed by atoms with van der Waals surface area (Å²) in [6.45, 7) is 1.61. The second-order valence-electron chi connectivity index (χ2n) is 7.70. The first-order chi connectivity index (χ1) is 12.2. The summed E-state index contributed by atoms with van der Waals surface area (Å²) in [6.07, 6.45) is 9.35. The maximum atomic E-state index is 12.8. The van der Waals surface area contributed by atoms with Gasteiger partial charge in [-0.25, -0.2) is 0 Å². The largest absolute Gasteiger partial charge is 0.497 e. The van der Waals surface area contributed by atoms with E-state index in [2.05, 4.69) is 17.0 Å². The van der Waals surface area contributed by atoms with Gasteiger partial charge in [-0.3, -0.25) is 4.79 Å². The fourth-order valence-corrected chi connectivity index (χ4v) is 4.58. The highest BCUT2D eigenvalue weighted by Gasteiger charge is 2.43. The van der Waals surface area contributed by atoms with Crippen LogP contribution in [0.15, 0.2) is 30.5 Å². The predicted molar refractivity (Wildman–Crippen MR) is 97.2 cm³/mol. The van der Waals surface area contributed by atoms with Gasteiger partial charge in [-0.05, 0) is 49.0 Å². The number of carbonyl (C=O) groups is 1. The highest BCUT2D eigenvalue weighted by atomic mass is 16.5. The lowest BCUT2D eigenvalue weighted by Crippen LogP contribution is -2.51. The highest BCUT2D eigenvalue weighted by Crippen LogP contribution is 2.41. The molecule has 1 saturated heterocycles. The van der Waals surface area contributed by atoms with Crippen molar-refractivity contribution in [3.63, 3.8) is 0 Å². The molecule has 0 N–H and O–H groups in total. The van der Waals surface area contributed by atoms with Gasteiger partial charge in [0.15, 0.2) is 0 Å². The third-order valence-electron chi connectivity index (χ3n) is 5.96. The van der Waals surface area contributed by atoms with Crippen molar-refractivity contribution >= 4 is 11.5 Å². The fraction of sp³-hybridized carbons (Fsp3) is 0.571. The van der Waals surface area contributed by atoms with Crippen molar-refractivity contribution in [3.8, 4) is 5.75 Å². The molecule has 1 spiro atoms. The molecular formula is C21H27NO3. The van der Waals surface area contributed by atoms with Crippen LogP contribution in [-0.2, 0) is 9.53 Å². The molecule has 0 radical (unpaired) electrons. The van der Waals surface area contributed by atoms with Crippen LogP contribution in [0, 0.1) is 5.92 Å². The van der Waals surface area contributed by atoms with Crippen molar-refractivity contribution in [2.75, 3.05) is 20.2 Å². The predicted octanol–water partition coefficient (Wildman–Crippen LogP) is 4.01. The third kappa shape index (κ3) is 3.26. The lowest BCUT2D eigenvalue weighted by atomic mass is 9.85. The van der Waals surface area contributed by atoms with E-state index in [0.29, 0.717) is 5.91 Å². The Morgan fingerprint density at radius 2 is 2.12 bits per heavy atom. The summed E-state index contributed by atoms with van der Waals surface area (Å²) in [5.74, 6) is 1.47. The number of nitrogens with zero attached hydrogens (tertiary/aromatic N) is 1. The molecule has 0 bridgehead atoms. The first kappa shape index (κ1) is 16.5. The van der Waals surface area contributed by atoms with Gasteiger partial charge < -0.3 is 14.4 Å². The van der Waals surface area contributed by atoms with Gasteiger partial charge in [0, 0.05) is 18.9 Å². The van der Waals surface area contributed by atoms with Gasteiger partial charge in [0.2, 0.25) is 5.91 Å². The van der Waals surface area contributed by atoms with E-state index in [1.807, 2.05) is 18.4 Å². The van der Waals surface area contributed by atoms with Crippen LogP contribution in [0.5, 0.6) is 5.75 Å². The Kier molecular flexibility index (Phi) is 4.45. The second-order valence-corrected chi connectivity index (χ2v) is 7.70. The molecule has 2 heterocycles. The summed E-state index contributed by atoms with van der Waals surface area (Å²) in [6, 6.07) is 8.12. The molecule has 4 heteroatoms. The smallest absolute Gasteiger partial charge is 0.225 e. The number of benzene rings is 1. The normalized spacial score (nSPS) is 26.6. The minimum absolute atomic E-state index is 0.231. The first-order valence-corrected chi connectivity index (χ1v) is 9.49. The molecule has 1 aliphatic carbocycles. The van der Waals surface area contributed by atoms with Crippen LogP contribution < -0.4 is 4.74 Å². The van der Waals surface area contributed by atoms with Gasteiger partial charge in [-0.2, -0.15) is 0 Å². The van der Waals surface area contributed by atoms with E-state index in [0.717, 1.165) is 56.5 Å². The zero-order valence-electron chi connectivity index (χ0n) is 15.0. The number of hydrogen-bond donors (Lipinski definition) is 0. The van der Waals surface area contributed by atoms with Crippen molar-refractivity contribution in [3.05, 3.63) is 36.1 Å². The van der Waals surface area contributed by atoms with Crippen LogP contribution in [0.4, 0.5) is 0 Å². The number of methoxy groups -OCH3 is 1. The molecule has 1 unspecified atom stereocenters. The average Bonchev–Trinajstić information content (AvgIpc) is 3.32. The number of amides is 1. The van der Waals surface area contributed by atoms with Crippen molar-refractivity contribution in [2.45, 2.75) is 50.5 Å². The van der Waals surface area contributed by atoms with E-state index in [1.165, 1.54) is 18.4 Å². The molecule has 1 aromatic carbocycles. The maximum absolute atomic E-state index is 12.8. The molecule has 3 aliphatic rings. The van der Waals surface area contributed by atoms with Crippen molar-refractivity contribution in [1.29, 1.82) is 0 Å². The third-order valence-corrected chi connectivity index (χ3v) is 5.96. The van der Waals surface area contributed by atoms with E-state index in [4.69, 9.17) is 9.47 Å². The maximum Gasteiger partial charge on any atom is 0.225 e. The van der Waals surface area contributed by atoms with Crippen LogP contribution in [0.25, 0.3) is 5.57 Å². The monoisotopic (exact) mass is 341 g/mol. The Bertz CT molecular complexity index is 677. The standard InChI is InChI=1S/C21H27NO3/c1-24-19-9-4-8-17(12-19)18-13-21(25-14-18)10-5-11-22(15-21)20(23)16-6-2-3-7-16/h4,8-9,12,14,16H,2-3,5-7,10-11,13,15H2,1H3. The number of piperidine rings is 1. The zero-order valence-corrected chi connectivity index (χ0v) is 15.0. The summed E-state index contributed by atoms with van der Waals surface area (Å²) in [4.78, 5) is 14.9. The number of likely N-dealkylation sites (tertiary alicyclic amines) is 1. The van der Waals surface area contributed by atoms with E-state index in [9.17, 15) is 4.79 Å². The van der Waals surface area contributed by atoms with E-state index in [-0.39, 0.29) is 11.5 Å². The summed E-state index contributed by atoms with van der Waals surface area (Å²) in [5, 5.41) is 0. The lowest BCUT2D eigenvalue weighted by molar-refractivity contribution is -0.141. The van der Waals surface area contributed by atoms with Gasteiger partial charge >= 0.3 is 0 Å². The van der Waals surface area contributed by atoms with Crippen molar-refractivity contribution in [2.24, 2.45) is 5.92 Å². The minimum atomic E-state index is -0.231. The SMILES string of the molecule is COc1cccc(C2=COC3(CCCN(C(=O)C4CCCC4)C3)C2)c1. The Hall–Kier alpha value is -1.97. The van der Waals surface area contributed by atoms with Crippen molar-refractivity contribution < 1.29 is 14.3 Å². The van der Waals surface area contributed by atoms with Crippen LogP contribution in [0.1, 0.15) is 50.5 Å². The molecule has 1 atom stereocenters. The summed E-state index contributed by atoms with van der Waals surface area (Å²) in [7, 11) is 1.69. The molecule has 134 valence electrons. The number of rotatable bonds is 3. The Morgan fingerprint density at radius 3 is 2.92 bits per heavy atom. The van der Waals surface area contributed by atoms with Gasteiger partial charge in [-0.15, -0.1) is 0 Å². The molecule has 25 heavy (non-hydrogen) atoms. The number of carbonyl (C=O) groups excluding carboxylic acids is 1. The molecule has 1 saturated carbocycles. The lowest BCUT2D eigenvalue weighted by Gasteiger charge is -2.40.